The fourth-order valence-electron chi connectivity index (χ4n) is 1.38. The molecule has 1 aromatic heterocycles. The summed E-state index contributed by atoms with van der Waals surface area (Å²) in [6.45, 7) is 3.04. The average Bonchev–Trinajstić information content (AvgIpc) is 2.75. The van der Waals surface area contributed by atoms with Gasteiger partial charge in [-0.25, -0.2) is 4.98 Å². The number of aromatic nitrogens is 2. The Morgan fingerprint density at radius 2 is 2.13 bits per heavy atom. The Kier molecular flexibility index (Phi) is 6.26. The van der Waals surface area contributed by atoms with Crippen LogP contribution in [0.25, 0.3) is 0 Å². The third-order valence-corrected chi connectivity index (χ3v) is 2.22. The van der Waals surface area contributed by atoms with Crippen molar-refractivity contribution >= 4 is 0 Å². The van der Waals surface area contributed by atoms with Crippen LogP contribution < -0.4 is 5.32 Å². The molecule has 0 aliphatic rings. The summed E-state index contributed by atoms with van der Waals surface area (Å²) in [5.74, 6) is 0. The minimum absolute atomic E-state index is 0.655. The maximum absolute atomic E-state index is 8.33. The molecule has 1 rings (SSSR count). The van der Waals surface area contributed by atoms with E-state index >= 15 is 0 Å². The molecule has 82 valence electrons. The molecule has 1 aromatic rings. The van der Waals surface area contributed by atoms with E-state index in [1.54, 1.807) is 6.20 Å². The molecule has 0 spiro atoms. The quantitative estimate of drug-likeness (QED) is 0.657. The number of hydrogen-bond acceptors (Lipinski definition) is 3. The van der Waals surface area contributed by atoms with Gasteiger partial charge in [0.2, 0.25) is 0 Å². The van der Waals surface area contributed by atoms with Gasteiger partial charge in [0, 0.05) is 25.4 Å². The van der Waals surface area contributed by atoms with Crippen LogP contribution in [0.3, 0.4) is 0 Å². The lowest BCUT2D eigenvalue weighted by atomic mass is 10.3. The zero-order chi connectivity index (χ0) is 10.8. The van der Waals surface area contributed by atoms with Crippen molar-refractivity contribution < 1.29 is 0 Å². The fourth-order valence-corrected chi connectivity index (χ4v) is 1.38. The van der Waals surface area contributed by atoms with E-state index in [0.717, 1.165) is 26.1 Å². The molecule has 0 saturated carbocycles. The molecular weight excluding hydrogens is 188 g/mol. The van der Waals surface area contributed by atoms with Crippen LogP contribution in [0, 0.1) is 11.3 Å². The molecule has 0 bridgehead atoms. The Morgan fingerprint density at radius 1 is 1.27 bits per heavy atom. The van der Waals surface area contributed by atoms with Crippen LogP contribution >= 0.6 is 0 Å². The topological polar surface area (TPSA) is 53.6 Å². The molecule has 0 amide bonds. The molecule has 0 fully saturated rings. The molecule has 0 unspecified atom stereocenters. The van der Waals surface area contributed by atoms with Gasteiger partial charge in [0.25, 0.3) is 0 Å². The van der Waals surface area contributed by atoms with Gasteiger partial charge in [0.15, 0.2) is 0 Å². The molecule has 15 heavy (non-hydrogen) atoms. The van der Waals surface area contributed by atoms with Crippen molar-refractivity contribution in [3.8, 4) is 6.07 Å². The minimum atomic E-state index is 0.655. The van der Waals surface area contributed by atoms with Crippen LogP contribution in [-0.4, -0.2) is 22.6 Å². The molecule has 0 aliphatic carbocycles. The van der Waals surface area contributed by atoms with Gasteiger partial charge in [-0.3, -0.25) is 0 Å². The molecular formula is C11H18N4. The van der Waals surface area contributed by atoms with Crippen molar-refractivity contribution in [2.24, 2.45) is 0 Å². The summed E-state index contributed by atoms with van der Waals surface area (Å²) in [6.07, 6.45) is 9.59. The van der Waals surface area contributed by atoms with E-state index in [1.807, 2.05) is 12.5 Å². The minimum Gasteiger partial charge on any atom is -0.337 e. The lowest BCUT2D eigenvalue weighted by molar-refractivity contribution is 0.563. The van der Waals surface area contributed by atoms with E-state index in [1.165, 1.54) is 12.8 Å². The van der Waals surface area contributed by atoms with Crippen molar-refractivity contribution in [1.82, 2.24) is 14.9 Å². The second-order valence-corrected chi connectivity index (χ2v) is 3.52. The summed E-state index contributed by atoms with van der Waals surface area (Å²) in [6, 6.07) is 2.14. The second-order valence-electron chi connectivity index (χ2n) is 3.52. The van der Waals surface area contributed by atoms with Crippen molar-refractivity contribution in [2.75, 3.05) is 13.1 Å². The van der Waals surface area contributed by atoms with Gasteiger partial charge in [-0.05, 0) is 32.4 Å². The van der Waals surface area contributed by atoms with E-state index in [9.17, 15) is 0 Å². The number of rotatable bonds is 8. The highest BCUT2D eigenvalue weighted by molar-refractivity contribution is 4.73. The van der Waals surface area contributed by atoms with Gasteiger partial charge < -0.3 is 9.88 Å². The zero-order valence-corrected chi connectivity index (χ0v) is 9.02. The third kappa shape index (κ3) is 5.87. The van der Waals surface area contributed by atoms with Gasteiger partial charge in [0.1, 0.15) is 0 Å². The highest BCUT2D eigenvalue weighted by atomic mass is 15.0. The number of unbranched alkanes of at least 4 members (excludes halogenated alkanes) is 2. The summed E-state index contributed by atoms with van der Waals surface area (Å²) in [5.41, 5.74) is 0. The molecule has 4 heteroatoms. The molecule has 0 aromatic carbocycles. The van der Waals surface area contributed by atoms with Crippen LogP contribution in [-0.2, 0) is 6.54 Å². The predicted octanol–water partition coefficient (Wildman–Crippen LogP) is 1.56. The monoisotopic (exact) mass is 206 g/mol. The number of imidazole rings is 1. The Hall–Kier alpha value is -1.34. The first-order valence-corrected chi connectivity index (χ1v) is 5.47. The molecule has 1 N–H and O–H groups in total. The van der Waals surface area contributed by atoms with E-state index < -0.39 is 0 Å². The maximum atomic E-state index is 8.33. The lowest BCUT2D eigenvalue weighted by Crippen LogP contribution is -2.16. The lowest BCUT2D eigenvalue weighted by Gasteiger charge is -2.03. The molecule has 4 nitrogen and oxygen atoms in total. The molecule has 0 saturated heterocycles. The highest BCUT2D eigenvalue weighted by Gasteiger charge is 1.91. The molecule has 0 radical (unpaired) electrons. The number of nitrogens with one attached hydrogen (secondary N) is 1. The van der Waals surface area contributed by atoms with E-state index in [4.69, 9.17) is 5.26 Å². The first-order valence-electron chi connectivity index (χ1n) is 5.47. The highest BCUT2D eigenvalue weighted by Crippen LogP contribution is 1.94. The van der Waals surface area contributed by atoms with Crippen molar-refractivity contribution in [1.29, 1.82) is 5.26 Å². The fraction of sp³-hybridized carbons (Fsp3) is 0.636. The summed E-state index contributed by atoms with van der Waals surface area (Å²) in [7, 11) is 0. The normalized spacial score (nSPS) is 10.1. The summed E-state index contributed by atoms with van der Waals surface area (Å²) >= 11 is 0. The van der Waals surface area contributed by atoms with Crippen LogP contribution in [0.5, 0.6) is 0 Å². The molecule has 0 aliphatic heterocycles. The molecule has 0 atom stereocenters. The van der Waals surface area contributed by atoms with Crippen LogP contribution in [0.1, 0.15) is 25.7 Å². The van der Waals surface area contributed by atoms with Gasteiger partial charge in [0.05, 0.1) is 12.4 Å². The van der Waals surface area contributed by atoms with Gasteiger partial charge in [-0.2, -0.15) is 5.26 Å². The summed E-state index contributed by atoms with van der Waals surface area (Å²) in [4.78, 5) is 3.99. The Balaban J connectivity index is 1.84. The van der Waals surface area contributed by atoms with Crippen LogP contribution in [0.4, 0.5) is 0 Å². The van der Waals surface area contributed by atoms with Crippen molar-refractivity contribution in [3.63, 3.8) is 0 Å². The standard InChI is InChI=1S/C11H18N4/c12-5-1-2-6-13-7-3-4-9-15-10-8-14-11-15/h8,10-11,13H,1-4,6-7,9H2. The Labute approximate surface area is 90.9 Å². The van der Waals surface area contributed by atoms with Gasteiger partial charge >= 0.3 is 0 Å². The van der Waals surface area contributed by atoms with Crippen LogP contribution in [0.15, 0.2) is 18.7 Å². The SMILES string of the molecule is N#CCCCNCCCCn1ccnc1. The zero-order valence-electron chi connectivity index (χ0n) is 9.02. The number of nitrogens with zero attached hydrogens (tertiary/aromatic N) is 3. The van der Waals surface area contributed by atoms with Crippen molar-refractivity contribution in [3.05, 3.63) is 18.7 Å². The number of hydrogen-bond donors (Lipinski definition) is 1. The van der Waals surface area contributed by atoms with E-state index in [0.29, 0.717) is 6.42 Å². The van der Waals surface area contributed by atoms with Crippen LogP contribution in [0.2, 0.25) is 0 Å². The van der Waals surface area contributed by atoms with Crippen molar-refractivity contribution in [2.45, 2.75) is 32.2 Å². The second kappa shape index (κ2) is 8.01. The van der Waals surface area contributed by atoms with E-state index in [-0.39, 0.29) is 0 Å². The average molecular weight is 206 g/mol. The predicted molar refractivity (Wildman–Crippen MR) is 59.2 cm³/mol. The third-order valence-electron chi connectivity index (χ3n) is 2.22. The van der Waals surface area contributed by atoms with E-state index in [2.05, 4.69) is 20.9 Å². The first-order chi connectivity index (χ1) is 7.43. The first kappa shape index (κ1) is 11.7. The Morgan fingerprint density at radius 3 is 2.87 bits per heavy atom. The van der Waals surface area contributed by atoms with Gasteiger partial charge in [-0.1, -0.05) is 0 Å². The van der Waals surface area contributed by atoms with Gasteiger partial charge in [-0.15, -0.1) is 0 Å². The number of nitriles is 1. The maximum Gasteiger partial charge on any atom is 0.0945 e. The largest absolute Gasteiger partial charge is 0.337 e. The number of aryl methyl sites for hydroxylation is 1. The Bertz CT molecular complexity index is 273. The molecule has 1 heterocycles. The summed E-state index contributed by atoms with van der Waals surface area (Å²) in [5, 5.41) is 11.7. The smallest absolute Gasteiger partial charge is 0.0945 e. The summed E-state index contributed by atoms with van der Waals surface area (Å²) < 4.78 is 2.09.